The van der Waals surface area contributed by atoms with E-state index in [0.717, 1.165) is 6.92 Å². The van der Waals surface area contributed by atoms with Crippen molar-refractivity contribution in [3.8, 4) is 0 Å². The normalized spacial score (nSPS) is 6.13. The molecule has 0 atom stereocenters. The summed E-state index contributed by atoms with van der Waals surface area (Å²) in [6, 6.07) is 0. The molecule has 0 spiro atoms. The van der Waals surface area contributed by atoms with Gasteiger partial charge in [0.25, 0.3) is 5.97 Å². The first-order valence-corrected chi connectivity index (χ1v) is 4.21. The van der Waals surface area contributed by atoms with Gasteiger partial charge in [0.2, 0.25) is 0 Å². The zero-order valence-corrected chi connectivity index (χ0v) is 14.4. The number of aliphatic carboxylic acids is 2. The van der Waals surface area contributed by atoms with Crippen molar-refractivity contribution >= 4 is 11.9 Å². The molecule has 0 saturated heterocycles. The number of carbonyl (C=O) groups is 2. The molecule has 5 heteroatoms. The first kappa shape index (κ1) is 29.4. The second kappa shape index (κ2) is 29.2. The largest absolute Gasteiger partial charge is 2.00 e. The van der Waals surface area contributed by atoms with Crippen LogP contribution in [0.5, 0.6) is 0 Å². The maximum absolute atomic E-state index is 9.70. The van der Waals surface area contributed by atoms with Gasteiger partial charge in [0, 0.05) is 6.92 Å². The van der Waals surface area contributed by atoms with Crippen LogP contribution in [-0.4, -0.2) is 22.2 Å². The van der Waals surface area contributed by atoms with Crippen LogP contribution in [-0.2, 0) is 36.9 Å². The van der Waals surface area contributed by atoms with Gasteiger partial charge in [-0.05, 0) is 0 Å². The topological polar surface area (TPSA) is 74.6 Å². The Morgan fingerprint density at radius 2 is 1.07 bits per heavy atom. The Morgan fingerprint density at radius 3 is 1.07 bits per heavy atom. The summed E-state index contributed by atoms with van der Waals surface area (Å²) in [6.07, 6.45) is 0. The van der Waals surface area contributed by atoms with Gasteiger partial charge in [-0.1, -0.05) is 13.8 Å². The minimum absolute atomic E-state index is 0. The summed E-state index contributed by atoms with van der Waals surface area (Å²) >= 11 is 0. The van der Waals surface area contributed by atoms with Gasteiger partial charge >= 0.3 is 33.3 Å². The number of hydrogen-bond donors (Lipinski definition) is 2. The van der Waals surface area contributed by atoms with Gasteiger partial charge in [0.15, 0.2) is 0 Å². The van der Waals surface area contributed by atoms with Crippen LogP contribution in [0.15, 0.2) is 0 Å². The fourth-order valence-electron chi connectivity index (χ4n) is 0. The van der Waals surface area contributed by atoms with E-state index in [1.807, 2.05) is 0 Å². The molecule has 0 radical (unpaired) electrons. The van der Waals surface area contributed by atoms with Crippen LogP contribution in [0.4, 0.5) is 0 Å². The van der Waals surface area contributed by atoms with E-state index in [-0.39, 0.29) is 33.2 Å². The second-order valence-corrected chi connectivity index (χ2v) is 2.01. The van der Waals surface area contributed by atoms with Crippen molar-refractivity contribution < 1.29 is 47.1 Å². The van der Waals surface area contributed by atoms with Crippen LogP contribution < -0.4 is 0 Å². The molecule has 0 aromatic carbocycles. The summed E-state index contributed by atoms with van der Waals surface area (Å²) < 4.78 is 0. The SMILES string of the molecule is CC(=O)O.CC(C)C(=O)O.[CH2-]C.[CH2-]C.[Cd+2]. The minimum Gasteiger partial charge on any atom is -0.481 e. The maximum atomic E-state index is 9.70. The Labute approximate surface area is 113 Å². The summed E-state index contributed by atoms with van der Waals surface area (Å²) in [5.74, 6) is -1.81. The third-order valence-electron chi connectivity index (χ3n) is 0.494. The molecule has 4 nitrogen and oxygen atoms in total. The Kier molecular flexibility index (Phi) is 57.2. The fraction of sp³-hybridized carbons (Fsp3) is 0.600. The molecule has 2 N–H and O–H groups in total. The fourth-order valence-corrected chi connectivity index (χ4v) is 0. The van der Waals surface area contributed by atoms with Crippen LogP contribution in [0.1, 0.15) is 34.6 Å². The molecule has 0 aliphatic rings. The smallest absolute Gasteiger partial charge is 0.481 e. The minimum atomic E-state index is -0.833. The molecule has 0 aromatic rings. The zero-order chi connectivity index (χ0) is 12.7. The van der Waals surface area contributed by atoms with Gasteiger partial charge in [-0.3, -0.25) is 9.59 Å². The van der Waals surface area contributed by atoms with Gasteiger partial charge in [-0.25, -0.2) is 0 Å². The van der Waals surface area contributed by atoms with Gasteiger partial charge in [-0.15, -0.1) is 0 Å². The molecule has 15 heavy (non-hydrogen) atoms. The predicted octanol–water partition coefficient (Wildman–Crippen LogP) is 2.50. The van der Waals surface area contributed by atoms with Crippen molar-refractivity contribution in [2.45, 2.75) is 34.6 Å². The van der Waals surface area contributed by atoms with Crippen molar-refractivity contribution in [1.82, 2.24) is 0 Å². The van der Waals surface area contributed by atoms with Crippen molar-refractivity contribution in [3.05, 3.63) is 13.8 Å². The van der Waals surface area contributed by atoms with Crippen molar-refractivity contribution in [2.75, 3.05) is 0 Å². The van der Waals surface area contributed by atoms with Gasteiger partial charge in [0.05, 0.1) is 5.92 Å². The van der Waals surface area contributed by atoms with E-state index in [4.69, 9.17) is 15.0 Å². The Morgan fingerprint density at radius 1 is 1.00 bits per heavy atom. The van der Waals surface area contributed by atoms with Gasteiger partial charge in [-0.2, -0.15) is 13.8 Å². The summed E-state index contributed by atoms with van der Waals surface area (Å²) in [6.45, 7) is 14.4. The number of carboxylic acid groups (broad SMARTS) is 2. The van der Waals surface area contributed by atoms with Crippen LogP contribution >= 0.6 is 0 Å². The van der Waals surface area contributed by atoms with Crippen LogP contribution in [0.2, 0.25) is 0 Å². The Hall–Kier alpha value is -0.138. The van der Waals surface area contributed by atoms with Crippen LogP contribution in [0, 0.1) is 19.8 Å². The first-order valence-electron chi connectivity index (χ1n) is 4.21. The van der Waals surface area contributed by atoms with Crippen molar-refractivity contribution in [1.29, 1.82) is 0 Å². The average molecular weight is 319 g/mol. The maximum Gasteiger partial charge on any atom is 2.00 e. The van der Waals surface area contributed by atoms with E-state index < -0.39 is 11.9 Å². The average Bonchev–Trinajstić information content (AvgIpc) is 2.10. The van der Waals surface area contributed by atoms with E-state index in [9.17, 15) is 4.79 Å². The third-order valence-corrected chi connectivity index (χ3v) is 0.494. The molecule has 0 aromatic heterocycles. The molecule has 0 unspecified atom stereocenters. The van der Waals surface area contributed by atoms with E-state index in [0.29, 0.717) is 0 Å². The number of rotatable bonds is 1. The van der Waals surface area contributed by atoms with Crippen LogP contribution in [0.25, 0.3) is 0 Å². The predicted molar refractivity (Wildman–Crippen MR) is 57.8 cm³/mol. The summed E-state index contributed by atoms with van der Waals surface area (Å²) in [4.78, 5) is 18.7. The molecule has 0 aliphatic carbocycles. The summed E-state index contributed by atoms with van der Waals surface area (Å²) in [5, 5.41) is 15.4. The Bertz CT molecular complexity index is 121. The zero-order valence-electron chi connectivity index (χ0n) is 10.4. The van der Waals surface area contributed by atoms with E-state index >= 15 is 0 Å². The molecule has 0 bridgehead atoms. The molecule has 88 valence electrons. The van der Waals surface area contributed by atoms with Crippen molar-refractivity contribution in [3.63, 3.8) is 0 Å². The van der Waals surface area contributed by atoms with Crippen LogP contribution in [0.3, 0.4) is 0 Å². The molecule has 0 aliphatic heterocycles. The first-order chi connectivity index (χ1) is 6.37. The Balaban J connectivity index is -0.0000000327. The molecular weight excluding hydrogens is 297 g/mol. The number of hydrogen-bond acceptors (Lipinski definition) is 2. The van der Waals surface area contributed by atoms with Gasteiger partial charge in [0.1, 0.15) is 0 Å². The van der Waals surface area contributed by atoms with E-state index in [2.05, 4.69) is 13.8 Å². The van der Waals surface area contributed by atoms with Gasteiger partial charge < -0.3 is 24.1 Å². The van der Waals surface area contributed by atoms with E-state index in [1.54, 1.807) is 27.7 Å². The summed E-state index contributed by atoms with van der Waals surface area (Å²) in [7, 11) is 0. The molecule has 0 fully saturated rings. The monoisotopic (exact) mass is 320 g/mol. The number of carboxylic acids is 2. The standard InChI is InChI=1S/C4H8O2.C2H4O2.2C2H5.Cd/c1-3(2)4(5)6;1-2(3)4;2*1-2;/h3H,1-2H3,(H,5,6);1H3,(H,3,4);2*1H2,2H3;/q;;2*-1;+2. The third kappa shape index (κ3) is 131. The molecule has 0 amide bonds. The second-order valence-electron chi connectivity index (χ2n) is 2.01. The molecular formula is C10H22CdO4. The molecule has 0 heterocycles. The molecule has 0 rings (SSSR count). The van der Waals surface area contributed by atoms with E-state index in [1.165, 1.54) is 0 Å². The summed E-state index contributed by atoms with van der Waals surface area (Å²) in [5.41, 5.74) is 0. The molecule has 0 saturated carbocycles. The van der Waals surface area contributed by atoms with Crippen molar-refractivity contribution in [2.24, 2.45) is 5.92 Å². The quantitative estimate of drug-likeness (QED) is 0.575.